The second-order valence-electron chi connectivity index (χ2n) is 4.75. The highest BCUT2D eigenvalue weighted by molar-refractivity contribution is 5.44. The van der Waals surface area contributed by atoms with Crippen LogP contribution in [0.2, 0.25) is 0 Å². The molecule has 3 N–H and O–H groups in total. The normalized spacial score (nSPS) is 12.4. The summed E-state index contributed by atoms with van der Waals surface area (Å²) < 4.78 is 0. The van der Waals surface area contributed by atoms with Crippen LogP contribution in [0.1, 0.15) is 52.3 Å². The van der Waals surface area contributed by atoms with E-state index in [1.165, 1.54) is 25.7 Å². The molecule has 0 aromatic carbocycles. The lowest BCUT2D eigenvalue weighted by molar-refractivity contribution is 0.472. The van der Waals surface area contributed by atoms with E-state index in [4.69, 9.17) is 5.73 Å². The van der Waals surface area contributed by atoms with E-state index in [9.17, 15) is 0 Å². The highest BCUT2D eigenvalue weighted by Crippen LogP contribution is 2.15. The average Bonchev–Trinajstić information content (AvgIpc) is 2.38. The van der Waals surface area contributed by atoms with E-state index in [1.807, 2.05) is 13.0 Å². The number of aryl methyl sites for hydroxylation is 1. The van der Waals surface area contributed by atoms with Gasteiger partial charge >= 0.3 is 0 Å². The molecule has 1 atom stereocenters. The van der Waals surface area contributed by atoms with Crippen molar-refractivity contribution >= 4 is 11.6 Å². The van der Waals surface area contributed by atoms with Gasteiger partial charge in [-0.15, -0.1) is 0 Å². The van der Waals surface area contributed by atoms with E-state index in [0.717, 1.165) is 24.6 Å². The summed E-state index contributed by atoms with van der Waals surface area (Å²) in [4.78, 5) is 8.61. The highest BCUT2D eigenvalue weighted by Gasteiger charge is 2.07. The van der Waals surface area contributed by atoms with Crippen LogP contribution in [0.3, 0.4) is 0 Å². The van der Waals surface area contributed by atoms with Crippen LogP contribution in [0.4, 0.5) is 11.6 Å². The third-order valence-electron chi connectivity index (χ3n) is 3.22. The van der Waals surface area contributed by atoms with Crippen LogP contribution in [0.5, 0.6) is 0 Å². The van der Waals surface area contributed by atoms with Gasteiger partial charge in [0.25, 0.3) is 0 Å². The maximum atomic E-state index is 5.76. The van der Waals surface area contributed by atoms with Crippen molar-refractivity contribution in [3.8, 4) is 0 Å². The van der Waals surface area contributed by atoms with Gasteiger partial charge in [0.15, 0.2) is 0 Å². The maximum Gasteiger partial charge on any atom is 0.132 e. The summed E-state index contributed by atoms with van der Waals surface area (Å²) in [5.41, 5.74) is 5.76. The monoisotopic (exact) mass is 250 g/mol. The van der Waals surface area contributed by atoms with Gasteiger partial charge in [0.05, 0.1) is 0 Å². The summed E-state index contributed by atoms with van der Waals surface area (Å²) in [5, 5.41) is 3.39. The first kappa shape index (κ1) is 14.7. The fourth-order valence-corrected chi connectivity index (χ4v) is 1.96. The molecule has 4 nitrogen and oxygen atoms in total. The summed E-state index contributed by atoms with van der Waals surface area (Å²) in [7, 11) is 0. The van der Waals surface area contributed by atoms with Gasteiger partial charge in [0.1, 0.15) is 17.5 Å². The molecule has 18 heavy (non-hydrogen) atoms. The minimum Gasteiger partial charge on any atom is -0.384 e. The lowest BCUT2D eigenvalue weighted by Crippen LogP contribution is -2.15. The Morgan fingerprint density at radius 2 is 2.06 bits per heavy atom. The van der Waals surface area contributed by atoms with Crippen LogP contribution in [-0.2, 0) is 6.42 Å². The smallest absolute Gasteiger partial charge is 0.132 e. The quantitative estimate of drug-likeness (QED) is 0.743. The fourth-order valence-electron chi connectivity index (χ4n) is 1.96. The van der Waals surface area contributed by atoms with Crippen molar-refractivity contribution < 1.29 is 0 Å². The van der Waals surface area contributed by atoms with Gasteiger partial charge in [0.2, 0.25) is 0 Å². The molecule has 0 radical (unpaired) electrons. The van der Waals surface area contributed by atoms with Crippen LogP contribution < -0.4 is 11.1 Å². The lowest BCUT2D eigenvalue weighted by atomic mass is 9.99. The predicted octanol–water partition coefficient (Wildman–Crippen LogP) is 3.25. The topological polar surface area (TPSA) is 63.8 Å². The van der Waals surface area contributed by atoms with Crippen LogP contribution in [0.25, 0.3) is 0 Å². The summed E-state index contributed by atoms with van der Waals surface area (Å²) in [5.74, 6) is 2.92. The largest absolute Gasteiger partial charge is 0.384 e. The molecule has 0 aliphatic heterocycles. The van der Waals surface area contributed by atoms with E-state index in [0.29, 0.717) is 11.7 Å². The molecule has 1 aromatic rings. The molecule has 4 heteroatoms. The molecule has 1 rings (SSSR count). The number of hydrogen-bond acceptors (Lipinski definition) is 4. The molecule has 1 unspecified atom stereocenters. The minimum absolute atomic E-state index is 0.547. The third kappa shape index (κ3) is 4.90. The number of nitrogens with zero attached hydrogens (tertiary/aromatic N) is 2. The third-order valence-corrected chi connectivity index (χ3v) is 3.22. The Morgan fingerprint density at radius 1 is 1.28 bits per heavy atom. The Balaban J connectivity index is 2.53. The first-order chi connectivity index (χ1) is 8.69. The van der Waals surface area contributed by atoms with E-state index in [-0.39, 0.29) is 0 Å². The van der Waals surface area contributed by atoms with Gasteiger partial charge in [-0.1, -0.05) is 40.0 Å². The number of rotatable bonds is 8. The van der Waals surface area contributed by atoms with Crippen LogP contribution in [-0.4, -0.2) is 16.5 Å². The van der Waals surface area contributed by atoms with Gasteiger partial charge in [-0.2, -0.15) is 0 Å². The second-order valence-corrected chi connectivity index (χ2v) is 4.75. The van der Waals surface area contributed by atoms with Crippen LogP contribution in [0.15, 0.2) is 6.07 Å². The zero-order valence-corrected chi connectivity index (χ0v) is 11.9. The molecule has 0 amide bonds. The highest BCUT2D eigenvalue weighted by atomic mass is 15.0. The molecule has 0 aliphatic carbocycles. The number of anilines is 2. The van der Waals surface area contributed by atoms with Crippen molar-refractivity contribution in [1.29, 1.82) is 0 Å². The number of aromatic nitrogens is 2. The maximum absolute atomic E-state index is 5.76. The molecule has 102 valence electrons. The van der Waals surface area contributed by atoms with Crippen molar-refractivity contribution in [2.24, 2.45) is 5.92 Å². The molecule has 0 spiro atoms. The number of unbranched alkanes of at least 4 members (excludes halogenated alkanes) is 1. The van der Waals surface area contributed by atoms with Crippen molar-refractivity contribution in [2.75, 3.05) is 17.6 Å². The summed E-state index contributed by atoms with van der Waals surface area (Å²) >= 11 is 0. The Kier molecular flexibility index (Phi) is 6.47. The standard InChI is InChI=1S/C14H26N4/c1-4-7-8-11(5-2)10-16-14-9-12(15)17-13(6-3)18-14/h9,11H,4-8,10H2,1-3H3,(H3,15,16,17,18). The molecule has 1 heterocycles. The van der Waals surface area contributed by atoms with Crippen LogP contribution in [0, 0.1) is 5.92 Å². The SMILES string of the molecule is CCCCC(CC)CNc1cc(N)nc(CC)n1. The number of nitrogen functional groups attached to an aromatic ring is 1. The van der Waals surface area contributed by atoms with Crippen molar-refractivity contribution in [1.82, 2.24) is 9.97 Å². The Hall–Kier alpha value is -1.32. The fraction of sp³-hybridized carbons (Fsp3) is 0.714. The number of nitrogens with one attached hydrogen (secondary N) is 1. The predicted molar refractivity (Wildman–Crippen MR) is 77.6 cm³/mol. The number of hydrogen-bond donors (Lipinski definition) is 2. The first-order valence-corrected chi connectivity index (χ1v) is 7.06. The van der Waals surface area contributed by atoms with Gasteiger partial charge in [0, 0.05) is 19.0 Å². The average molecular weight is 250 g/mol. The Bertz CT molecular complexity index is 352. The molecule has 0 bridgehead atoms. The molecule has 0 saturated carbocycles. The number of nitrogens with two attached hydrogens (primary N) is 1. The Morgan fingerprint density at radius 3 is 2.67 bits per heavy atom. The van der Waals surface area contributed by atoms with Crippen molar-refractivity contribution in [2.45, 2.75) is 52.9 Å². The van der Waals surface area contributed by atoms with Crippen molar-refractivity contribution in [3.63, 3.8) is 0 Å². The molecule has 0 fully saturated rings. The van der Waals surface area contributed by atoms with Crippen LogP contribution >= 0.6 is 0 Å². The second kappa shape index (κ2) is 7.90. The molecule has 1 aromatic heterocycles. The first-order valence-electron chi connectivity index (χ1n) is 7.06. The molecular weight excluding hydrogens is 224 g/mol. The van der Waals surface area contributed by atoms with E-state index < -0.39 is 0 Å². The van der Waals surface area contributed by atoms with Gasteiger partial charge in [-0.05, 0) is 12.3 Å². The molecule has 0 aliphatic rings. The zero-order valence-electron chi connectivity index (χ0n) is 11.9. The minimum atomic E-state index is 0.547. The summed E-state index contributed by atoms with van der Waals surface area (Å²) in [6.45, 7) is 7.48. The molecular formula is C14H26N4. The summed E-state index contributed by atoms with van der Waals surface area (Å²) in [6, 6.07) is 1.81. The van der Waals surface area contributed by atoms with E-state index in [2.05, 4.69) is 29.1 Å². The van der Waals surface area contributed by atoms with Gasteiger partial charge < -0.3 is 11.1 Å². The summed E-state index contributed by atoms with van der Waals surface area (Å²) in [6.07, 6.45) is 5.85. The molecule has 0 saturated heterocycles. The lowest BCUT2D eigenvalue weighted by Gasteiger charge is -2.16. The van der Waals surface area contributed by atoms with E-state index in [1.54, 1.807) is 0 Å². The van der Waals surface area contributed by atoms with E-state index >= 15 is 0 Å². The zero-order chi connectivity index (χ0) is 13.4. The van der Waals surface area contributed by atoms with Gasteiger partial charge in [-0.3, -0.25) is 0 Å². The Labute approximate surface area is 110 Å². The van der Waals surface area contributed by atoms with Gasteiger partial charge in [-0.25, -0.2) is 9.97 Å². The van der Waals surface area contributed by atoms with Crippen molar-refractivity contribution in [3.05, 3.63) is 11.9 Å².